The summed E-state index contributed by atoms with van der Waals surface area (Å²) in [4.78, 5) is 0. The Bertz CT molecular complexity index is 333. The van der Waals surface area contributed by atoms with Crippen LogP contribution in [0.1, 0.15) is 59.8 Å². The second-order valence-electron chi connectivity index (χ2n) is 4.82. The third kappa shape index (κ3) is 11.0. The van der Waals surface area contributed by atoms with E-state index in [1.165, 1.54) is 16.7 Å². The van der Waals surface area contributed by atoms with Gasteiger partial charge in [0.05, 0.1) is 12.5 Å². The molecule has 1 heteroatoms. The monoisotopic (exact) mass is 231 g/mol. The van der Waals surface area contributed by atoms with Gasteiger partial charge in [0.2, 0.25) is 0 Å². The normalized spacial score (nSPS) is 12.2. The van der Waals surface area contributed by atoms with Crippen LogP contribution in [-0.4, -0.2) is 0 Å². The highest BCUT2D eigenvalue weighted by Crippen LogP contribution is 2.11. The Hall–Kier alpha value is -1.29. The first-order valence-electron chi connectivity index (χ1n) is 6.38. The number of nitrogens with zero attached hydrogens (tertiary/aromatic N) is 1. The highest BCUT2D eigenvalue weighted by atomic mass is 14.2. The molecule has 17 heavy (non-hydrogen) atoms. The first-order valence-corrected chi connectivity index (χ1v) is 6.38. The number of allylic oxidation sites excluding steroid dienone is 6. The van der Waals surface area contributed by atoms with E-state index < -0.39 is 0 Å². The summed E-state index contributed by atoms with van der Waals surface area (Å²) in [5.74, 6) is 0. The fourth-order valence-corrected chi connectivity index (χ4v) is 1.56. The molecule has 1 nitrogen and oxygen atoms in total. The second kappa shape index (κ2) is 9.90. The maximum absolute atomic E-state index is 8.46. The molecule has 0 heterocycles. The van der Waals surface area contributed by atoms with Gasteiger partial charge in [-0.25, -0.2) is 0 Å². The van der Waals surface area contributed by atoms with E-state index in [1.54, 1.807) is 0 Å². The zero-order valence-electron chi connectivity index (χ0n) is 11.7. The van der Waals surface area contributed by atoms with Crippen LogP contribution in [0.3, 0.4) is 0 Å². The van der Waals surface area contributed by atoms with Gasteiger partial charge in [-0.2, -0.15) is 5.26 Å². The minimum Gasteiger partial charge on any atom is -0.198 e. The average molecular weight is 231 g/mol. The van der Waals surface area contributed by atoms with Crippen molar-refractivity contribution in [3.8, 4) is 6.07 Å². The van der Waals surface area contributed by atoms with Crippen LogP contribution in [-0.2, 0) is 0 Å². The Morgan fingerprint density at radius 2 is 1.41 bits per heavy atom. The molecule has 0 N–H and O–H groups in total. The van der Waals surface area contributed by atoms with E-state index in [1.807, 2.05) is 6.08 Å². The van der Waals surface area contributed by atoms with Crippen LogP contribution < -0.4 is 0 Å². The summed E-state index contributed by atoms with van der Waals surface area (Å²) in [5.41, 5.74) is 4.18. The van der Waals surface area contributed by atoms with E-state index in [-0.39, 0.29) is 0 Å². The van der Waals surface area contributed by atoms with Gasteiger partial charge in [0.1, 0.15) is 0 Å². The molecule has 0 aliphatic rings. The zero-order valence-corrected chi connectivity index (χ0v) is 11.7. The van der Waals surface area contributed by atoms with Crippen LogP contribution in [0.4, 0.5) is 0 Å². The van der Waals surface area contributed by atoms with Crippen LogP contribution >= 0.6 is 0 Å². The minimum absolute atomic E-state index is 0.537. The van der Waals surface area contributed by atoms with Gasteiger partial charge in [-0.15, -0.1) is 0 Å². The summed E-state index contributed by atoms with van der Waals surface area (Å²) >= 11 is 0. The third-order valence-corrected chi connectivity index (χ3v) is 2.66. The van der Waals surface area contributed by atoms with Gasteiger partial charge in [0.15, 0.2) is 0 Å². The molecule has 0 bridgehead atoms. The van der Waals surface area contributed by atoms with Crippen LogP contribution in [0.15, 0.2) is 34.9 Å². The molecule has 94 valence electrons. The van der Waals surface area contributed by atoms with E-state index in [2.05, 4.69) is 45.9 Å². The number of nitriles is 1. The molecular weight excluding hydrogens is 206 g/mol. The lowest BCUT2D eigenvalue weighted by atomic mass is 10.1. The molecule has 0 saturated carbocycles. The first kappa shape index (κ1) is 15.7. The molecule has 0 amide bonds. The summed E-state index contributed by atoms with van der Waals surface area (Å²) < 4.78 is 0. The minimum atomic E-state index is 0.537. The fraction of sp³-hybridized carbons (Fsp3) is 0.562. The van der Waals surface area contributed by atoms with Crippen LogP contribution in [0.2, 0.25) is 0 Å². The largest absolute Gasteiger partial charge is 0.198 e. The second-order valence-corrected chi connectivity index (χ2v) is 4.82. The maximum Gasteiger partial charge on any atom is 0.0663 e. The lowest BCUT2D eigenvalue weighted by molar-refractivity contribution is 0.915. The van der Waals surface area contributed by atoms with Crippen LogP contribution in [0.5, 0.6) is 0 Å². The molecule has 0 aromatic rings. The topological polar surface area (TPSA) is 23.8 Å². The van der Waals surface area contributed by atoms with Crippen molar-refractivity contribution in [1.29, 1.82) is 5.26 Å². The molecular formula is C16H25N. The Kier molecular flexibility index (Phi) is 9.15. The van der Waals surface area contributed by atoms with Gasteiger partial charge in [-0.1, -0.05) is 34.9 Å². The third-order valence-electron chi connectivity index (χ3n) is 2.66. The molecule has 0 saturated heterocycles. The van der Waals surface area contributed by atoms with Crippen molar-refractivity contribution in [2.45, 2.75) is 59.8 Å². The standard InChI is InChI=1S/C16H25N/c1-14(2)8-5-9-15(3)10-6-11-16(4)12-7-13-17/h8,10,12H,5-7,9,11H2,1-4H3/b15-10?,16-12+. The quantitative estimate of drug-likeness (QED) is 0.544. The van der Waals surface area contributed by atoms with E-state index in [0.29, 0.717) is 6.42 Å². The molecule has 0 aromatic carbocycles. The van der Waals surface area contributed by atoms with E-state index in [4.69, 9.17) is 5.26 Å². The van der Waals surface area contributed by atoms with Crippen molar-refractivity contribution in [2.24, 2.45) is 0 Å². The van der Waals surface area contributed by atoms with Gasteiger partial charge in [-0.05, 0) is 53.4 Å². The van der Waals surface area contributed by atoms with Crippen LogP contribution in [0, 0.1) is 11.3 Å². The predicted molar refractivity (Wildman–Crippen MR) is 75.6 cm³/mol. The highest BCUT2D eigenvalue weighted by Gasteiger charge is 1.91. The van der Waals surface area contributed by atoms with Gasteiger partial charge >= 0.3 is 0 Å². The Morgan fingerprint density at radius 3 is 1.94 bits per heavy atom. The average Bonchev–Trinajstić information content (AvgIpc) is 2.25. The molecule has 0 rings (SSSR count). The lowest BCUT2D eigenvalue weighted by Gasteiger charge is -2.00. The molecule has 0 spiro atoms. The number of hydrogen-bond donors (Lipinski definition) is 0. The summed E-state index contributed by atoms with van der Waals surface area (Å²) in [6.45, 7) is 8.58. The summed E-state index contributed by atoms with van der Waals surface area (Å²) in [6.07, 6.45) is 11.6. The lowest BCUT2D eigenvalue weighted by Crippen LogP contribution is -1.80. The van der Waals surface area contributed by atoms with Crippen molar-refractivity contribution in [3.63, 3.8) is 0 Å². The van der Waals surface area contributed by atoms with Gasteiger partial charge in [-0.3, -0.25) is 0 Å². The molecule has 0 unspecified atom stereocenters. The Morgan fingerprint density at radius 1 is 0.882 bits per heavy atom. The first-order chi connectivity index (χ1) is 8.06. The van der Waals surface area contributed by atoms with Crippen molar-refractivity contribution >= 4 is 0 Å². The van der Waals surface area contributed by atoms with E-state index in [9.17, 15) is 0 Å². The van der Waals surface area contributed by atoms with Gasteiger partial charge in [0, 0.05) is 0 Å². The van der Waals surface area contributed by atoms with Gasteiger partial charge in [0.25, 0.3) is 0 Å². The van der Waals surface area contributed by atoms with Crippen molar-refractivity contribution < 1.29 is 0 Å². The number of rotatable bonds is 7. The van der Waals surface area contributed by atoms with Crippen molar-refractivity contribution in [1.82, 2.24) is 0 Å². The molecule has 0 aromatic heterocycles. The molecule has 0 aliphatic heterocycles. The van der Waals surface area contributed by atoms with Crippen molar-refractivity contribution in [3.05, 3.63) is 34.9 Å². The number of hydrogen-bond acceptors (Lipinski definition) is 1. The smallest absolute Gasteiger partial charge is 0.0663 e. The summed E-state index contributed by atoms with van der Waals surface area (Å²) in [5, 5.41) is 8.46. The molecule has 0 aliphatic carbocycles. The van der Waals surface area contributed by atoms with Crippen LogP contribution in [0.25, 0.3) is 0 Å². The predicted octanol–water partition coefficient (Wildman–Crippen LogP) is 5.32. The Balaban J connectivity index is 3.85. The van der Waals surface area contributed by atoms with E-state index in [0.717, 1.165) is 25.7 Å². The molecule has 0 fully saturated rings. The zero-order chi connectivity index (χ0) is 13.1. The van der Waals surface area contributed by atoms with Gasteiger partial charge < -0.3 is 0 Å². The fourth-order valence-electron chi connectivity index (χ4n) is 1.56. The molecule has 0 radical (unpaired) electrons. The van der Waals surface area contributed by atoms with Crippen molar-refractivity contribution in [2.75, 3.05) is 0 Å². The molecule has 0 atom stereocenters. The van der Waals surface area contributed by atoms with E-state index >= 15 is 0 Å². The highest BCUT2D eigenvalue weighted by molar-refractivity contribution is 5.06. The SMILES string of the molecule is CC(C)=CCCC(C)=CCC/C(C)=C/CC#N. The Labute approximate surface area is 107 Å². The summed E-state index contributed by atoms with van der Waals surface area (Å²) in [7, 11) is 0. The summed E-state index contributed by atoms with van der Waals surface area (Å²) in [6, 6.07) is 2.14. The maximum atomic E-state index is 8.46.